The second kappa shape index (κ2) is 7.35. The van der Waals surface area contributed by atoms with Gasteiger partial charge in [0.15, 0.2) is 0 Å². The first-order valence-electron chi connectivity index (χ1n) is 8.93. The molecule has 3 fully saturated rings. The van der Waals surface area contributed by atoms with Gasteiger partial charge < -0.3 is 10.2 Å². The van der Waals surface area contributed by atoms with Gasteiger partial charge in [0, 0.05) is 19.6 Å². The summed E-state index contributed by atoms with van der Waals surface area (Å²) in [4.78, 5) is 29.1. The third-order valence-electron chi connectivity index (χ3n) is 5.31. The van der Waals surface area contributed by atoms with Crippen LogP contribution in [0.3, 0.4) is 0 Å². The van der Waals surface area contributed by atoms with Crippen molar-refractivity contribution in [3.8, 4) is 12.3 Å². The first-order valence-corrected chi connectivity index (χ1v) is 8.93. The number of carbonyl (C=O) groups excluding carboxylic acids is 2. The Morgan fingerprint density at radius 3 is 2.65 bits per heavy atom. The molecule has 0 aromatic heterocycles. The number of nitrogens with one attached hydrogen (secondary N) is 1. The van der Waals surface area contributed by atoms with Gasteiger partial charge >= 0.3 is 0 Å². The van der Waals surface area contributed by atoms with Gasteiger partial charge in [-0.1, -0.05) is 5.92 Å². The summed E-state index contributed by atoms with van der Waals surface area (Å²) in [7, 11) is 0. The highest BCUT2D eigenvalue weighted by molar-refractivity contribution is 5.84. The lowest BCUT2D eigenvalue weighted by Gasteiger charge is -2.35. The van der Waals surface area contributed by atoms with Crippen molar-refractivity contribution in [1.82, 2.24) is 15.1 Å². The molecule has 126 valence electrons. The molecule has 2 atom stereocenters. The van der Waals surface area contributed by atoms with E-state index in [9.17, 15) is 9.59 Å². The average molecular weight is 317 g/mol. The fraction of sp³-hybridized carbons (Fsp3) is 0.778. The van der Waals surface area contributed by atoms with Crippen molar-refractivity contribution in [2.75, 3.05) is 32.7 Å². The van der Waals surface area contributed by atoms with Crippen LogP contribution in [-0.4, -0.2) is 60.4 Å². The van der Waals surface area contributed by atoms with Crippen molar-refractivity contribution in [2.24, 2.45) is 11.8 Å². The summed E-state index contributed by atoms with van der Waals surface area (Å²) in [6.07, 6.45) is 11.6. The lowest BCUT2D eigenvalue weighted by Crippen LogP contribution is -2.51. The van der Waals surface area contributed by atoms with Gasteiger partial charge in [0.05, 0.1) is 18.5 Å². The van der Waals surface area contributed by atoms with Crippen LogP contribution in [0.2, 0.25) is 0 Å². The largest absolute Gasteiger partial charge is 0.356 e. The minimum Gasteiger partial charge on any atom is -0.356 e. The quantitative estimate of drug-likeness (QED) is 0.765. The summed E-state index contributed by atoms with van der Waals surface area (Å²) in [6.45, 7) is 3.58. The van der Waals surface area contributed by atoms with E-state index in [1.807, 2.05) is 4.90 Å². The summed E-state index contributed by atoms with van der Waals surface area (Å²) < 4.78 is 0. The molecule has 5 heteroatoms. The SMILES string of the molecule is C#CCN1CCC[C@H]1C(=O)N1CCCC(C(=O)NCC2CC2)C1. The van der Waals surface area contributed by atoms with Crippen LogP contribution >= 0.6 is 0 Å². The van der Waals surface area contributed by atoms with Crippen LogP contribution in [-0.2, 0) is 9.59 Å². The van der Waals surface area contributed by atoms with E-state index in [0.717, 1.165) is 45.3 Å². The smallest absolute Gasteiger partial charge is 0.239 e. The van der Waals surface area contributed by atoms with Gasteiger partial charge in [-0.2, -0.15) is 0 Å². The monoisotopic (exact) mass is 317 g/mol. The molecule has 0 bridgehead atoms. The van der Waals surface area contributed by atoms with Crippen LogP contribution in [0.15, 0.2) is 0 Å². The molecule has 23 heavy (non-hydrogen) atoms. The molecule has 1 unspecified atom stereocenters. The van der Waals surface area contributed by atoms with Crippen molar-refractivity contribution < 1.29 is 9.59 Å². The lowest BCUT2D eigenvalue weighted by molar-refractivity contribution is -0.139. The molecule has 3 rings (SSSR count). The van der Waals surface area contributed by atoms with Gasteiger partial charge in [0.2, 0.25) is 11.8 Å². The van der Waals surface area contributed by atoms with Crippen molar-refractivity contribution in [1.29, 1.82) is 0 Å². The number of amides is 2. The Bertz CT molecular complexity index is 495. The topological polar surface area (TPSA) is 52.7 Å². The summed E-state index contributed by atoms with van der Waals surface area (Å²) in [5.41, 5.74) is 0. The van der Waals surface area contributed by atoms with Crippen LogP contribution in [0, 0.1) is 24.2 Å². The van der Waals surface area contributed by atoms with Crippen LogP contribution in [0.1, 0.15) is 38.5 Å². The Kier molecular flexibility index (Phi) is 5.22. The van der Waals surface area contributed by atoms with Crippen molar-refractivity contribution in [2.45, 2.75) is 44.6 Å². The van der Waals surface area contributed by atoms with Crippen LogP contribution in [0.4, 0.5) is 0 Å². The van der Waals surface area contributed by atoms with Crippen molar-refractivity contribution >= 4 is 11.8 Å². The molecule has 2 amide bonds. The maximum Gasteiger partial charge on any atom is 0.239 e. The van der Waals surface area contributed by atoms with Crippen molar-refractivity contribution in [3.63, 3.8) is 0 Å². The molecule has 1 aliphatic carbocycles. The van der Waals surface area contributed by atoms with E-state index in [0.29, 0.717) is 19.0 Å². The predicted octanol–water partition coefficient (Wildman–Crippen LogP) is 0.849. The molecule has 1 N–H and O–H groups in total. The number of carbonyl (C=O) groups is 2. The molecule has 5 nitrogen and oxygen atoms in total. The first kappa shape index (κ1) is 16.3. The second-order valence-electron chi connectivity index (χ2n) is 7.14. The number of hydrogen-bond acceptors (Lipinski definition) is 3. The molecule has 3 aliphatic rings. The maximum absolute atomic E-state index is 12.8. The van der Waals surface area contributed by atoms with Gasteiger partial charge in [-0.05, 0) is 51.0 Å². The van der Waals surface area contributed by atoms with E-state index in [2.05, 4.69) is 16.1 Å². The molecular weight excluding hydrogens is 290 g/mol. The fourth-order valence-electron chi connectivity index (χ4n) is 3.73. The molecule has 2 heterocycles. The highest BCUT2D eigenvalue weighted by atomic mass is 16.2. The first-order chi connectivity index (χ1) is 11.2. The fourth-order valence-corrected chi connectivity index (χ4v) is 3.73. The summed E-state index contributed by atoms with van der Waals surface area (Å²) in [5, 5.41) is 3.06. The normalized spacial score (nSPS) is 28.4. The number of terminal acetylenes is 1. The zero-order valence-corrected chi connectivity index (χ0v) is 13.8. The minimum atomic E-state index is -0.0840. The standard InChI is InChI=1S/C18H27N3O2/c1-2-9-20-10-4-6-16(20)18(23)21-11-3-5-15(13-21)17(22)19-12-14-7-8-14/h1,14-16H,3-13H2,(H,19,22)/t15?,16-/m0/s1. The second-order valence-corrected chi connectivity index (χ2v) is 7.14. The Hall–Kier alpha value is -1.54. The summed E-state index contributed by atoms with van der Waals surface area (Å²) in [5.74, 6) is 3.58. The molecule has 2 aliphatic heterocycles. The molecule has 0 aromatic rings. The van der Waals surface area contributed by atoms with E-state index in [4.69, 9.17) is 6.42 Å². The van der Waals surface area contributed by atoms with Crippen molar-refractivity contribution in [3.05, 3.63) is 0 Å². The van der Waals surface area contributed by atoms with E-state index < -0.39 is 0 Å². The molecule has 0 aromatic carbocycles. The third kappa shape index (κ3) is 4.06. The number of hydrogen-bond donors (Lipinski definition) is 1. The van der Waals surface area contributed by atoms with Gasteiger partial charge in [0.1, 0.15) is 0 Å². The molecule has 0 spiro atoms. The van der Waals surface area contributed by atoms with Crippen LogP contribution in [0.5, 0.6) is 0 Å². The van der Waals surface area contributed by atoms with E-state index in [-0.39, 0.29) is 23.8 Å². The van der Waals surface area contributed by atoms with Gasteiger partial charge in [0.25, 0.3) is 0 Å². The van der Waals surface area contributed by atoms with Gasteiger partial charge in [-0.25, -0.2) is 0 Å². The third-order valence-corrected chi connectivity index (χ3v) is 5.31. The highest BCUT2D eigenvalue weighted by Gasteiger charge is 2.36. The van der Waals surface area contributed by atoms with Crippen LogP contribution in [0.25, 0.3) is 0 Å². The number of nitrogens with zero attached hydrogens (tertiary/aromatic N) is 2. The maximum atomic E-state index is 12.8. The van der Waals surface area contributed by atoms with Crippen LogP contribution < -0.4 is 5.32 Å². The Morgan fingerprint density at radius 1 is 1.13 bits per heavy atom. The molecule has 1 saturated carbocycles. The average Bonchev–Trinajstić information content (AvgIpc) is 3.30. The molecule has 2 saturated heterocycles. The van der Waals surface area contributed by atoms with Gasteiger partial charge in [-0.3, -0.25) is 14.5 Å². The highest BCUT2D eigenvalue weighted by Crippen LogP contribution is 2.28. The Morgan fingerprint density at radius 2 is 1.91 bits per heavy atom. The van der Waals surface area contributed by atoms with E-state index in [1.165, 1.54) is 12.8 Å². The Labute approximate surface area is 138 Å². The molecular formula is C18H27N3O2. The predicted molar refractivity (Wildman–Crippen MR) is 88.5 cm³/mol. The van der Waals surface area contributed by atoms with E-state index >= 15 is 0 Å². The zero-order valence-electron chi connectivity index (χ0n) is 13.8. The summed E-state index contributed by atoms with van der Waals surface area (Å²) in [6, 6.07) is -0.0840. The lowest BCUT2D eigenvalue weighted by atomic mass is 9.96. The zero-order chi connectivity index (χ0) is 16.2. The summed E-state index contributed by atoms with van der Waals surface area (Å²) >= 11 is 0. The number of piperidine rings is 1. The minimum absolute atomic E-state index is 0.0473. The molecule has 0 radical (unpaired) electrons. The van der Waals surface area contributed by atoms with Gasteiger partial charge in [-0.15, -0.1) is 6.42 Å². The number of rotatable bonds is 5. The number of likely N-dealkylation sites (tertiary alicyclic amines) is 2. The Balaban J connectivity index is 1.53. The van der Waals surface area contributed by atoms with E-state index in [1.54, 1.807) is 0 Å².